The summed E-state index contributed by atoms with van der Waals surface area (Å²) in [6.45, 7) is 1.72. The zero-order valence-corrected chi connectivity index (χ0v) is 23.6. The molecule has 3 N–H and O–H groups in total. The number of nitrogens with zero attached hydrogens (tertiary/aromatic N) is 2. The predicted molar refractivity (Wildman–Crippen MR) is 153 cm³/mol. The molecule has 1 atom stereocenters. The summed E-state index contributed by atoms with van der Waals surface area (Å²) in [7, 11) is -0.808. The summed E-state index contributed by atoms with van der Waals surface area (Å²) < 4.78 is 31.6. The first-order chi connectivity index (χ1) is 19.1. The molecule has 2 aromatic carbocycles. The Kier molecular flexibility index (Phi) is 8.79. The van der Waals surface area contributed by atoms with Gasteiger partial charge in [0.1, 0.15) is 5.76 Å². The van der Waals surface area contributed by atoms with Crippen LogP contribution >= 0.6 is 11.8 Å². The fourth-order valence-corrected chi connectivity index (χ4v) is 5.91. The molecule has 206 valence electrons. The minimum Gasteiger partial charge on any atom is -0.468 e. The van der Waals surface area contributed by atoms with Gasteiger partial charge in [0, 0.05) is 31.2 Å². The number of hydrogen-bond donors (Lipinski definition) is 3. The van der Waals surface area contributed by atoms with Crippen LogP contribution in [0.15, 0.2) is 104 Å². The van der Waals surface area contributed by atoms with Gasteiger partial charge in [-0.3, -0.25) is 9.59 Å². The second kappa shape index (κ2) is 12.3. The number of dihydropyridines is 1. The van der Waals surface area contributed by atoms with Crippen molar-refractivity contribution >= 4 is 45.0 Å². The number of amides is 2. The number of carbonyl (C=O) groups is 2. The Labute approximate surface area is 236 Å². The van der Waals surface area contributed by atoms with Gasteiger partial charge in [0.2, 0.25) is 15.9 Å². The van der Waals surface area contributed by atoms with Gasteiger partial charge in [-0.2, -0.15) is 5.26 Å². The Hall–Kier alpha value is -4.31. The number of rotatable bonds is 9. The minimum absolute atomic E-state index is 0.0507. The first kappa shape index (κ1) is 28.7. The molecule has 3 aromatic rings. The molecular weight excluding hydrogens is 550 g/mol. The van der Waals surface area contributed by atoms with E-state index in [-0.39, 0.29) is 22.1 Å². The molecule has 12 heteroatoms. The van der Waals surface area contributed by atoms with Gasteiger partial charge in [-0.1, -0.05) is 36.0 Å². The van der Waals surface area contributed by atoms with E-state index in [2.05, 4.69) is 22.0 Å². The van der Waals surface area contributed by atoms with Gasteiger partial charge < -0.3 is 20.4 Å². The van der Waals surface area contributed by atoms with Crippen molar-refractivity contribution in [2.24, 2.45) is 0 Å². The van der Waals surface area contributed by atoms with Crippen molar-refractivity contribution in [2.45, 2.75) is 17.7 Å². The second-order valence-corrected chi connectivity index (χ2v) is 12.1. The third kappa shape index (κ3) is 6.28. The SMILES string of the molecule is CC1=C(C(=O)Nc2ccccc2)C(c2ccco2)C(C#N)=C(SCC(=O)Nc2cccc(S(=O)(=O)N(C)C)c2)N1. The zero-order valence-electron chi connectivity index (χ0n) is 22.0. The van der Waals surface area contributed by atoms with Gasteiger partial charge in [-0.05, 0) is 49.4 Å². The quantitative estimate of drug-likeness (QED) is 0.343. The maximum Gasteiger partial charge on any atom is 0.254 e. The molecule has 1 aliphatic heterocycles. The normalized spacial score (nSPS) is 15.4. The van der Waals surface area contributed by atoms with Crippen molar-refractivity contribution in [3.63, 3.8) is 0 Å². The summed E-state index contributed by atoms with van der Waals surface area (Å²) in [6, 6.07) is 20.5. The lowest BCUT2D eigenvalue weighted by Crippen LogP contribution is -2.31. The summed E-state index contributed by atoms with van der Waals surface area (Å²) >= 11 is 1.09. The molecule has 40 heavy (non-hydrogen) atoms. The summed E-state index contributed by atoms with van der Waals surface area (Å²) in [4.78, 5) is 26.2. The second-order valence-electron chi connectivity index (χ2n) is 8.94. The molecule has 2 amide bonds. The van der Waals surface area contributed by atoms with Gasteiger partial charge in [0.15, 0.2) is 0 Å². The van der Waals surface area contributed by atoms with E-state index >= 15 is 0 Å². The van der Waals surface area contributed by atoms with Crippen molar-refractivity contribution in [1.82, 2.24) is 9.62 Å². The van der Waals surface area contributed by atoms with E-state index in [0.29, 0.717) is 33.4 Å². The van der Waals surface area contributed by atoms with Crippen LogP contribution in [0.4, 0.5) is 11.4 Å². The highest BCUT2D eigenvalue weighted by atomic mass is 32.2. The molecule has 0 saturated heterocycles. The summed E-state index contributed by atoms with van der Waals surface area (Å²) in [5.74, 6) is -1.25. The maximum absolute atomic E-state index is 13.4. The van der Waals surface area contributed by atoms with Gasteiger partial charge in [0.05, 0.1) is 45.1 Å². The average Bonchev–Trinajstić information content (AvgIpc) is 3.47. The van der Waals surface area contributed by atoms with Gasteiger partial charge >= 0.3 is 0 Å². The van der Waals surface area contributed by atoms with Crippen LogP contribution in [0, 0.1) is 11.3 Å². The summed E-state index contributed by atoms with van der Waals surface area (Å²) in [6.07, 6.45) is 1.47. The molecule has 4 rings (SSSR count). The standard InChI is InChI=1S/C28H27N5O5S2/c1-18-25(27(35)32-19-9-5-4-6-10-19)26(23-13-8-14-38-23)22(16-29)28(30-18)39-17-24(34)31-20-11-7-12-21(15-20)40(36,37)33(2)3/h4-15,26,30H,17H2,1-3H3,(H,31,34)(H,32,35). The van der Waals surface area contributed by atoms with E-state index in [4.69, 9.17) is 4.42 Å². The number of allylic oxidation sites excluding steroid dienone is 2. The van der Waals surface area contributed by atoms with E-state index in [1.165, 1.54) is 32.5 Å². The summed E-state index contributed by atoms with van der Waals surface area (Å²) in [5, 5.41) is 19.2. The molecule has 1 unspecified atom stereocenters. The Morgan fingerprint density at radius 2 is 1.77 bits per heavy atom. The highest BCUT2D eigenvalue weighted by Crippen LogP contribution is 2.41. The van der Waals surface area contributed by atoms with E-state index in [9.17, 15) is 23.3 Å². The van der Waals surface area contributed by atoms with Gasteiger partial charge in [0.25, 0.3) is 5.91 Å². The molecule has 0 radical (unpaired) electrons. The Morgan fingerprint density at radius 3 is 2.42 bits per heavy atom. The number of nitrogens with one attached hydrogen (secondary N) is 3. The molecule has 0 bridgehead atoms. The first-order valence-corrected chi connectivity index (χ1v) is 14.5. The van der Waals surface area contributed by atoms with Crippen molar-refractivity contribution < 1.29 is 22.4 Å². The highest BCUT2D eigenvalue weighted by molar-refractivity contribution is 8.03. The highest BCUT2D eigenvalue weighted by Gasteiger charge is 2.36. The molecule has 0 aliphatic carbocycles. The molecule has 10 nitrogen and oxygen atoms in total. The fourth-order valence-electron chi connectivity index (χ4n) is 4.07. The molecule has 0 fully saturated rings. The van der Waals surface area contributed by atoms with Crippen LogP contribution in [-0.4, -0.2) is 44.4 Å². The van der Waals surface area contributed by atoms with E-state index in [0.717, 1.165) is 16.1 Å². The number of nitriles is 1. The van der Waals surface area contributed by atoms with Crippen LogP contribution in [-0.2, 0) is 19.6 Å². The van der Waals surface area contributed by atoms with Crippen LogP contribution in [0.25, 0.3) is 0 Å². The first-order valence-electron chi connectivity index (χ1n) is 12.1. The number of furan rings is 1. The predicted octanol–water partition coefficient (Wildman–Crippen LogP) is 4.24. The van der Waals surface area contributed by atoms with E-state index in [1.54, 1.807) is 55.5 Å². The zero-order chi connectivity index (χ0) is 28.9. The van der Waals surface area contributed by atoms with Crippen LogP contribution in [0.1, 0.15) is 18.6 Å². The number of benzene rings is 2. The van der Waals surface area contributed by atoms with E-state index < -0.39 is 21.8 Å². The lowest BCUT2D eigenvalue weighted by atomic mass is 9.85. The molecular formula is C28H27N5O5S2. The third-order valence-electron chi connectivity index (χ3n) is 6.00. The summed E-state index contributed by atoms with van der Waals surface area (Å²) in [5.41, 5.74) is 1.99. The smallest absolute Gasteiger partial charge is 0.254 e. The van der Waals surface area contributed by atoms with Crippen molar-refractivity contribution in [2.75, 3.05) is 30.5 Å². The van der Waals surface area contributed by atoms with Gasteiger partial charge in [-0.25, -0.2) is 12.7 Å². The van der Waals surface area contributed by atoms with Crippen LogP contribution in [0.2, 0.25) is 0 Å². The number of para-hydroxylation sites is 1. The number of hydrogen-bond acceptors (Lipinski definition) is 8. The average molecular weight is 578 g/mol. The largest absolute Gasteiger partial charge is 0.468 e. The minimum atomic E-state index is -3.66. The topological polar surface area (TPSA) is 145 Å². The monoisotopic (exact) mass is 577 g/mol. The van der Waals surface area contributed by atoms with Crippen LogP contribution in [0.5, 0.6) is 0 Å². The van der Waals surface area contributed by atoms with Crippen molar-refractivity contribution in [3.8, 4) is 6.07 Å². The van der Waals surface area contributed by atoms with E-state index in [1.807, 2.05) is 6.07 Å². The molecule has 0 spiro atoms. The fraction of sp³-hybridized carbons (Fsp3) is 0.179. The van der Waals surface area contributed by atoms with Crippen molar-refractivity contribution in [1.29, 1.82) is 5.26 Å². The van der Waals surface area contributed by atoms with Gasteiger partial charge in [-0.15, -0.1) is 0 Å². The number of anilines is 2. The van der Waals surface area contributed by atoms with Crippen molar-refractivity contribution in [3.05, 3.63) is 101 Å². The van der Waals surface area contributed by atoms with Crippen LogP contribution in [0.3, 0.4) is 0 Å². The number of sulfonamides is 1. The number of thioether (sulfide) groups is 1. The third-order valence-corrected chi connectivity index (χ3v) is 8.82. The molecule has 0 saturated carbocycles. The maximum atomic E-state index is 13.4. The lowest BCUT2D eigenvalue weighted by molar-refractivity contribution is -0.114. The van der Waals surface area contributed by atoms with Crippen LogP contribution < -0.4 is 16.0 Å². The lowest BCUT2D eigenvalue weighted by Gasteiger charge is -2.28. The Balaban J connectivity index is 1.55. The molecule has 2 heterocycles. The number of carbonyl (C=O) groups excluding carboxylic acids is 2. The molecule has 1 aromatic heterocycles. The Bertz CT molecular complexity index is 1620. The molecule has 1 aliphatic rings. The Morgan fingerprint density at radius 1 is 1.05 bits per heavy atom.